The van der Waals surface area contributed by atoms with Crippen molar-refractivity contribution in [3.63, 3.8) is 0 Å². The second kappa shape index (κ2) is 8.49. The van der Waals surface area contributed by atoms with E-state index in [1.165, 1.54) is 10.9 Å². The molecule has 1 saturated heterocycles. The standard InChI is InChI=1S/C8H7N.C5H9NO.H3NO4S/c1-2-4-8-7(3-1)5-6-9-8;1-6-4-2-3-5(6)7;1-5-6(2,3)4/h1-6,9H;2-4H2,1H3;1H2,(H,2,3,4). The summed E-state index contributed by atoms with van der Waals surface area (Å²) in [6.07, 6.45) is 3.76. The predicted molar refractivity (Wildman–Crippen MR) is 82.0 cm³/mol. The van der Waals surface area contributed by atoms with Gasteiger partial charge in [-0.05, 0) is 23.9 Å². The van der Waals surface area contributed by atoms with Crippen LogP contribution >= 0.6 is 0 Å². The number of aromatic nitrogens is 1. The molecule has 8 nitrogen and oxygen atoms in total. The van der Waals surface area contributed by atoms with Gasteiger partial charge in [-0.1, -0.05) is 18.2 Å². The highest BCUT2D eigenvalue weighted by molar-refractivity contribution is 7.80. The molecule has 1 fully saturated rings. The summed E-state index contributed by atoms with van der Waals surface area (Å²) in [5.74, 6) is 4.26. The summed E-state index contributed by atoms with van der Waals surface area (Å²) >= 11 is 0. The third-order valence-electron chi connectivity index (χ3n) is 2.89. The molecule has 2 aromatic rings. The Labute approximate surface area is 128 Å². The Morgan fingerprint density at radius 1 is 1.32 bits per heavy atom. The highest BCUT2D eigenvalue weighted by Gasteiger charge is 2.14. The number of carbonyl (C=O) groups excluding carboxylic acids is 1. The smallest absolute Gasteiger partial charge is 0.361 e. The third kappa shape index (κ3) is 6.68. The SMILES string of the molecule is CN1CCCC1=O.NOS(=O)(=O)O.c1ccc2[nH]ccc2c1. The van der Waals surface area contributed by atoms with Crippen LogP contribution < -0.4 is 5.90 Å². The number of hydrogen-bond acceptors (Lipinski definition) is 5. The van der Waals surface area contributed by atoms with Gasteiger partial charge in [0.15, 0.2) is 0 Å². The van der Waals surface area contributed by atoms with Gasteiger partial charge in [-0.2, -0.15) is 18.6 Å². The van der Waals surface area contributed by atoms with Crippen LogP contribution in [0.15, 0.2) is 36.5 Å². The van der Waals surface area contributed by atoms with Gasteiger partial charge in [0, 0.05) is 31.7 Å². The van der Waals surface area contributed by atoms with E-state index in [2.05, 4.69) is 33.4 Å². The Morgan fingerprint density at radius 2 is 1.95 bits per heavy atom. The van der Waals surface area contributed by atoms with E-state index in [0.717, 1.165) is 19.4 Å². The lowest BCUT2D eigenvalue weighted by Crippen LogP contribution is -2.17. The molecule has 1 amide bonds. The molecule has 9 heteroatoms. The van der Waals surface area contributed by atoms with Crippen LogP contribution in [0.3, 0.4) is 0 Å². The molecule has 1 aliphatic rings. The van der Waals surface area contributed by atoms with E-state index in [0.29, 0.717) is 5.91 Å². The first-order chi connectivity index (χ1) is 10.3. The molecular formula is C13H19N3O5S. The number of aromatic amines is 1. The first kappa shape index (κ1) is 18.1. The van der Waals surface area contributed by atoms with Gasteiger partial charge in [-0.25, -0.2) is 0 Å². The van der Waals surface area contributed by atoms with Gasteiger partial charge in [0.05, 0.1) is 0 Å². The second-order valence-corrected chi connectivity index (χ2v) is 5.56. The maximum atomic E-state index is 10.5. The van der Waals surface area contributed by atoms with Crippen molar-refractivity contribution in [1.82, 2.24) is 9.88 Å². The van der Waals surface area contributed by atoms with Crippen molar-refractivity contribution in [2.45, 2.75) is 12.8 Å². The van der Waals surface area contributed by atoms with E-state index in [9.17, 15) is 13.2 Å². The van der Waals surface area contributed by atoms with Crippen LogP contribution in [0.2, 0.25) is 0 Å². The van der Waals surface area contributed by atoms with Crippen molar-refractivity contribution in [1.29, 1.82) is 0 Å². The number of para-hydroxylation sites is 1. The zero-order valence-corrected chi connectivity index (χ0v) is 12.9. The molecule has 1 aromatic carbocycles. The fourth-order valence-electron chi connectivity index (χ4n) is 1.78. The Kier molecular flexibility index (Phi) is 6.99. The molecule has 0 spiro atoms. The highest BCUT2D eigenvalue weighted by Crippen LogP contribution is 2.09. The largest absolute Gasteiger partial charge is 0.413 e. The summed E-state index contributed by atoms with van der Waals surface area (Å²) in [7, 11) is -2.54. The molecule has 0 aliphatic carbocycles. The summed E-state index contributed by atoms with van der Waals surface area (Å²) in [5.41, 5.74) is 1.21. The van der Waals surface area contributed by atoms with Gasteiger partial charge >= 0.3 is 10.4 Å². The van der Waals surface area contributed by atoms with Crippen LogP contribution in [0.25, 0.3) is 10.9 Å². The van der Waals surface area contributed by atoms with Crippen molar-refractivity contribution < 1.29 is 22.0 Å². The molecular weight excluding hydrogens is 310 g/mol. The Balaban J connectivity index is 0.000000170. The number of amides is 1. The molecule has 0 saturated carbocycles. The van der Waals surface area contributed by atoms with E-state index in [1.807, 2.05) is 25.4 Å². The average molecular weight is 329 g/mol. The highest BCUT2D eigenvalue weighted by atomic mass is 32.3. The van der Waals surface area contributed by atoms with Crippen molar-refractivity contribution in [2.75, 3.05) is 13.6 Å². The summed E-state index contributed by atoms with van der Waals surface area (Å²) in [6.45, 7) is 0.957. The zero-order valence-electron chi connectivity index (χ0n) is 12.1. The molecule has 3 rings (SSSR count). The maximum absolute atomic E-state index is 10.5. The summed E-state index contributed by atoms with van der Waals surface area (Å²) in [6, 6.07) is 10.3. The first-order valence-corrected chi connectivity index (χ1v) is 7.82. The van der Waals surface area contributed by atoms with Gasteiger partial charge < -0.3 is 9.88 Å². The van der Waals surface area contributed by atoms with Crippen LogP contribution in [-0.2, 0) is 19.5 Å². The molecule has 22 heavy (non-hydrogen) atoms. The minimum Gasteiger partial charge on any atom is -0.361 e. The van der Waals surface area contributed by atoms with Crippen molar-refractivity contribution in [2.24, 2.45) is 5.90 Å². The molecule has 1 aromatic heterocycles. The van der Waals surface area contributed by atoms with Gasteiger partial charge in [-0.3, -0.25) is 9.35 Å². The van der Waals surface area contributed by atoms with E-state index in [4.69, 9.17) is 4.55 Å². The van der Waals surface area contributed by atoms with E-state index in [-0.39, 0.29) is 0 Å². The Bertz CT molecular complexity index is 668. The summed E-state index contributed by atoms with van der Waals surface area (Å²) < 4.78 is 28.8. The van der Waals surface area contributed by atoms with E-state index < -0.39 is 10.4 Å². The predicted octanol–water partition coefficient (Wildman–Crippen LogP) is 1.09. The fraction of sp³-hybridized carbons (Fsp3) is 0.308. The molecule has 0 radical (unpaired) electrons. The zero-order chi connectivity index (χ0) is 16.6. The van der Waals surface area contributed by atoms with Crippen LogP contribution in [0, 0.1) is 0 Å². The number of nitrogens with one attached hydrogen (secondary N) is 1. The van der Waals surface area contributed by atoms with Crippen molar-refractivity contribution in [3.8, 4) is 0 Å². The van der Waals surface area contributed by atoms with Gasteiger partial charge in [0.25, 0.3) is 0 Å². The molecule has 1 aliphatic heterocycles. The van der Waals surface area contributed by atoms with Crippen LogP contribution in [0.1, 0.15) is 12.8 Å². The lowest BCUT2D eigenvalue weighted by atomic mass is 10.3. The molecule has 0 unspecified atom stereocenters. The lowest BCUT2D eigenvalue weighted by molar-refractivity contribution is -0.126. The number of fused-ring (bicyclic) bond motifs is 1. The Morgan fingerprint density at radius 3 is 2.36 bits per heavy atom. The van der Waals surface area contributed by atoms with Gasteiger partial charge in [0.2, 0.25) is 5.91 Å². The van der Waals surface area contributed by atoms with Crippen molar-refractivity contribution >= 4 is 27.2 Å². The normalized spacial score (nSPS) is 14.1. The third-order valence-corrected chi connectivity index (χ3v) is 3.14. The topological polar surface area (TPSA) is 126 Å². The minimum atomic E-state index is -4.38. The number of hydrogen-bond donors (Lipinski definition) is 3. The number of nitrogens with zero attached hydrogens (tertiary/aromatic N) is 1. The monoisotopic (exact) mass is 329 g/mol. The first-order valence-electron chi connectivity index (χ1n) is 6.45. The number of carbonyl (C=O) groups is 1. The number of rotatable bonds is 1. The quantitative estimate of drug-likeness (QED) is 0.531. The Hall–Kier alpha value is -1.94. The number of likely N-dealkylation sites (tertiary alicyclic amines) is 1. The summed E-state index contributed by atoms with van der Waals surface area (Å²) in [5, 5.41) is 1.28. The van der Waals surface area contributed by atoms with E-state index in [1.54, 1.807) is 4.90 Å². The molecule has 2 heterocycles. The average Bonchev–Trinajstić information content (AvgIpc) is 3.09. The molecule has 4 N–H and O–H groups in total. The van der Waals surface area contributed by atoms with E-state index >= 15 is 0 Å². The van der Waals surface area contributed by atoms with Gasteiger partial charge in [-0.15, -0.1) is 0 Å². The minimum absolute atomic E-state index is 0.292. The fourth-order valence-corrected chi connectivity index (χ4v) is 1.78. The number of H-pyrrole nitrogens is 1. The second-order valence-electron chi connectivity index (χ2n) is 4.51. The number of benzene rings is 1. The molecule has 0 atom stereocenters. The van der Waals surface area contributed by atoms with Crippen LogP contribution in [-0.4, -0.2) is 42.4 Å². The van der Waals surface area contributed by atoms with Crippen LogP contribution in [0.4, 0.5) is 0 Å². The maximum Gasteiger partial charge on any atom is 0.413 e. The lowest BCUT2D eigenvalue weighted by Gasteiger charge is -2.03. The van der Waals surface area contributed by atoms with Crippen LogP contribution in [0.5, 0.6) is 0 Å². The van der Waals surface area contributed by atoms with Crippen molar-refractivity contribution in [3.05, 3.63) is 36.5 Å². The molecule has 0 bridgehead atoms. The summed E-state index contributed by atoms with van der Waals surface area (Å²) in [4.78, 5) is 15.4. The molecule has 122 valence electrons. The number of nitrogens with two attached hydrogens (primary N) is 1. The van der Waals surface area contributed by atoms with Gasteiger partial charge in [0.1, 0.15) is 0 Å².